The highest BCUT2D eigenvalue weighted by Crippen LogP contribution is 2.42. The Morgan fingerprint density at radius 3 is 2.29 bits per heavy atom. The van der Waals surface area contributed by atoms with Crippen molar-refractivity contribution in [3.63, 3.8) is 0 Å². The number of aromatic nitrogens is 3. The molecule has 6 nitrogen and oxygen atoms in total. The van der Waals surface area contributed by atoms with E-state index in [1.54, 1.807) is 0 Å². The summed E-state index contributed by atoms with van der Waals surface area (Å²) >= 11 is 0. The Bertz CT molecular complexity index is 1050. The molecule has 2 fully saturated rings. The van der Waals surface area contributed by atoms with E-state index in [1.165, 1.54) is 5.56 Å². The quantitative estimate of drug-likeness (QED) is 0.619. The average molecular weight is 414 g/mol. The zero-order valence-corrected chi connectivity index (χ0v) is 17.6. The normalized spacial score (nSPS) is 17.4. The number of piperazine rings is 1. The minimum absolute atomic E-state index is 0.0172. The lowest BCUT2D eigenvalue weighted by atomic mass is 10.1. The van der Waals surface area contributed by atoms with Crippen molar-refractivity contribution >= 4 is 12.0 Å². The number of amides is 1. The highest BCUT2D eigenvalue weighted by Gasteiger charge is 2.36. The van der Waals surface area contributed by atoms with E-state index >= 15 is 0 Å². The van der Waals surface area contributed by atoms with Crippen molar-refractivity contribution in [2.45, 2.75) is 18.8 Å². The molecule has 2 aromatic carbocycles. The monoisotopic (exact) mass is 413 g/mol. The number of hydrogen-bond acceptors (Lipinski definition) is 4. The van der Waals surface area contributed by atoms with E-state index in [2.05, 4.69) is 39.5 Å². The smallest absolute Gasteiger partial charge is 0.276 e. The molecule has 1 saturated carbocycles. The third-order valence-corrected chi connectivity index (χ3v) is 6.01. The molecule has 2 aliphatic rings. The molecule has 0 N–H and O–H groups in total. The Kier molecular flexibility index (Phi) is 5.63. The highest BCUT2D eigenvalue weighted by atomic mass is 16.2. The fourth-order valence-electron chi connectivity index (χ4n) is 4.11. The van der Waals surface area contributed by atoms with Gasteiger partial charge in [0, 0.05) is 38.6 Å². The predicted octanol–water partition coefficient (Wildman–Crippen LogP) is 3.62. The van der Waals surface area contributed by atoms with Crippen molar-refractivity contribution < 1.29 is 4.79 Å². The molecule has 0 spiro atoms. The molecular formula is C25H27N5O. The maximum atomic E-state index is 13.3. The largest absolute Gasteiger partial charge is 0.335 e. The Labute approximate surface area is 182 Å². The predicted molar refractivity (Wildman–Crippen MR) is 121 cm³/mol. The number of benzene rings is 2. The molecule has 0 atom stereocenters. The molecule has 0 bridgehead atoms. The molecule has 5 rings (SSSR count). The minimum atomic E-state index is 0.0172. The molecule has 0 radical (unpaired) electrons. The highest BCUT2D eigenvalue weighted by molar-refractivity contribution is 5.93. The average Bonchev–Trinajstić information content (AvgIpc) is 3.58. The maximum Gasteiger partial charge on any atom is 0.276 e. The summed E-state index contributed by atoms with van der Waals surface area (Å²) in [5, 5.41) is 8.68. The molecule has 31 heavy (non-hydrogen) atoms. The topological polar surface area (TPSA) is 54.3 Å². The molecule has 1 amide bonds. The van der Waals surface area contributed by atoms with Gasteiger partial charge in [0.25, 0.3) is 5.91 Å². The zero-order valence-electron chi connectivity index (χ0n) is 17.6. The van der Waals surface area contributed by atoms with E-state index in [4.69, 9.17) is 0 Å². The molecule has 0 unspecified atom stereocenters. The van der Waals surface area contributed by atoms with Crippen molar-refractivity contribution in [3.8, 4) is 5.69 Å². The molecule has 3 aromatic rings. The molecule has 158 valence electrons. The van der Waals surface area contributed by atoms with Gasteiger partial charge in [-0.1, -0.05) is 65.9 Å². The van der Waals surface area contributed by atoms with E-state index in [-0.39, 0.29) is 5.91 Å². The van der Waals surface area contributed by atoms with E-state index in [1.807, 2.05) is 58.1 Å². The Morgan fingerprint density at radius 2 is 1.61 bits per heavy atom. The van der Waals surface area contributed by atoms with Crippen LogP contribution in [-0.4, -0.2) is 63.4 Å². The standard InChI is InChI=1S/C25H27N5O/c31-25(23-24(21-13-14-21)30(27-26-23)22-11-5-2-6-12-22)29-18-16-28(17-19-29)15-7-10-20-8-3-1-4-9-20/h1-12,21H,13-19H2/b10-7+. The number of carbonyl (C=O) groups is 1. The van der Waals surface area contributed by atoms with Crippen LogP contribution in [0.15, 0.2) is 66.7 Å². The van der Waals surface area contributed by atoms with Gasteiger partial charge in [-0.25, -0.2) is 4.68 Å². The second-order valence-electron chi connectivity index (χ2n) is 8.25. The molecule has 1 aliphatic heterocycles. The Hall–Kier alpha value is -3.25. The van der Waals surface area contributed by atoms with Crippen LogP contribution < -0.4 is 0 Å². The second-order valence-corrected chi connectivity index (χ2v) is 8.25. The number of hydrogen-bond donors (Lipinski definition) is 0. The van der Waals surface area contributed by atoms with Gasteiger partial charge in [-0.3, -0.25) is 9.69 Å². The summed E-state index contributed by atoms with van der Waals surface area (Å²) in [6.07, 6.45) is 6.55. The Balaban J connectivity index is 1.23. The zero-order chi connectivity index (χ0) is 21.0. The first-order valence-corrected chi connectivity index (χ1v) is 11.0. The van der Waals surface area contributed by atoms with E-state index in [0.717, 1.165) is 56.9 Å². The van der Waals surface area contributed by atoms with Crippen LogP contribution in [0, 0.1) is 0 Å². The molecule has 1 aliphatic carbocycles. The summed E-state index contributed by atoms with van der Waals surface area (Å²) in [4.78, 5) is 17.6. The Morgan fingerprint density at radius 1 is 0.935 bits per heavy atom. The van der Waals surface area contributed by atoms with Gasteiger partial charge in [-0.2, -0.15) is 0 Å². The van der Waals surface area contributed by atoms with Gasteiger partial charge in [-0.05, 0) is 30.5 Å². The third kappa shape index (κ3) is 4.44. The SMILES string of the molecule is O=C(c1nnn(-c2ccccc2)c1C1CC1)N1CCN(C/C=C/c2ccccc2)CC1. The van der Waals surface area contributed by atoms with Gasteiger partial charge in [-0.15, -0.1) is 5.10 Å². The lowest BCUT2D eigenvalue weighted by molar-refractivity contribution is 0.0643. The maximum absolute atomic E-state index is 13.3. The first kappa shape index (κ1) is 19.7. The van der Waals surface area contributed by atoms with Crippen LogP contribution in [0.4, 0.5) is 0 Å². The van der Waals surface area contributed by atoms with Crippen LogP contribution in [0.3, 0.4) is 0 Å². The fraction of sp³-hybridized carbons (Fsp3) is 0.320. The van der Waals surface area contributed by atoms with Crippen molar-refractivity contribution in [1.82, 2.24) is 24.8 Å². The minimum Gasteiger partial charge on any atom is -0.335 e. The first-order valence-electron chi connectivity index (χ1n) is 11.0. The summed E-state index contributed by atoms with van der Waals surface area (Å²) in [7, 11) is 0. The van der Waals surface area contributed by atoms with E-state index in [0.29, 0.717) is 11.6 Å². The van der Waals surface area contributed by atoms with Gasteiger partial charge in [0.1, 0.15) is 0 Å². The van der Waals surface area contributed by atoms with Crippen LogP contribution in [0.25, 0.3) is 11.8 Å². The first-order chi connectivity index (χ1) is 15.3. The van der Waals surface area contributed by atoms with Gasteiger partial charge in [0.2, 0.25) is 0 Å². The van der Waals surface area contributed by atoms with Gasteiger partial charge in [0.15, 0.2) is 5.69 Å². The van der Waals surface area contributed by atoms with Crippen molar-refractivity contribution in [1.29, 1.82) is 0 Å². The number of rotatable bonds is 6. The molecule has 1 saturated heterocycles. The van der Waals surface area contributed by atoms with Crippen molar-refractivity contribution in [2.24, 2.45) is 0 Å². The molecule has 1 aromatic heterocycles. The van der Waals surface area contributed by atoms with Crippen LogP contribution in [0.2, 0.25) is 0 Å². The van der Waals surface area contributed by atoms with Crippen molar-refractivity contribution in [3.05, 3.63) is 83.7 Å². The second kappa shape index (κ2) is 8.86. The summed E-state index contributed by atoms with van der Waals surface area (Å²) in [6, 6.07) is 20.3. The summed E-state index contributed by atoms with van der Waals surface area (Å²) in [5.74, 6) is 0.405. The van der Waals surface area contributed by atoms with Gasteiger partial charge in [0.05, 0.1) is 11.4 Å². The fourth-order valence-corrected chi connectivity index (χ4v) is 4.11. The van der Waals surface area contributed by atoms with Crippen LogP contribution in [0.5, 0.6) is 0 Å². The number of para-hydroxylation sites is 1. The van der Waals surface area contributed by atoms with E-state index < -0.39 is 0 Å². The van der Waals surface area contributed by atoms with Crippen LogP contribution >= 0.6 is 0 Å². The molecular weight excluding hydrogens is 386 g/mol. The lowest BCUT2D eigenvalue weighted by Crippen LogP contribution is -2.48. The van der Waals surface area contributed by atoms with Gasteiger partial charge < -0.3 is 4.90 Å². The number of carbonyl (C=O) groups excluding carboxylic acids is 1. The summed E-state index contributed by atoms with van der Waals surface area (Å²) < 4.78 is 1.86. The summed E-state index contributed by atoms with van der Waals surface area (Å²) in [6.45, 7) is 4.09. The third-order valence-electron chi connectivity index (χ3n) is 6.01. The lowest BCUT2D eigenvalue weighted by Gasteiger charge is -2.33. The van der Waals surface area contributed by atoms with Crippen molar-refractivity contribution in [2.75, 3.05) is 32.7 Å². The molecule has 6 heteroatoms. The number of nitrogens with zero attached hydrogens (tertiary/aromatic N) is 5. The van der Waals surface area contributed by atoms with Crippen LogP contribution in [-0.2, 0) is 0 Å². The van der Waals surface area contributed by atoms with E-state index in [9.17, 15) is 4.79 Å². The molecule has 2 heterocycles. The van der Waals surface area contributed by atoms with Crippen LogP contribution in [0.1, 0.15) is 40.5 Å². The summed E-state index contributed by atoms with van der Waals surface area (Å²) in [5.41, 5.74) is 3.68. The van der Waals surface area contributed by atoms with Gasteiger partial charge >= 0.3 is 0 Å².